The van der Waals surface area contributed by atoms with Gasteiger partial charge in [-0.05, 0) is 44.2 Å². The topological polar surface area (TPSA) is 37.4 Å². The van der Waals surface area contributed by atoms with E-state index in [1.807, 2.05) is 18.3 Å². The molecular formula is C18H27N3O. The maximum absolute atomic E-state index is 6.28. The molecule has 3 heterocycles. The molecule has 3 fully saturated rings. The van der Waals surface area contributed by atoms with E-state index >= 15 is 0 Å². The van der Waals surface area contributed by atoms with Crippen LogP contribution in [0.1, 0.15) is 44.9 Å². The molecule has 22 heavy (non-hydrogen) atoms. The average Bonchev–Trinajstić information content (AvgIpc) is 3.19. The van der Waals surface area contributed by atoms with Gasteiger partial charge in [0.05, 0.1) is 5.60 Å². The number of nitrogens with one attached hydrogen (secondary N) is 1. The molecule has 1 N–H and O–H groups in total. The first-order valence-corrected chi connectivity index (χ1v) is 8.89. The Labute approximate surface area is 133 Å². The fourth-order valence-corrected chi connectivity index (χ4v) is 4.55. The Bertz CT molecular complexity index is 488. The SMILES string of the molecule is c1ccc(N[C@@H]2CCO[C@@]3(CCN(C4CCCC4)C3)C2)nc1. The molecule has 0 radical (unpaired) electrons. The summed E-state index contributed by atoms with van der Waals surface area (Å²) in [4.78, 5) is 7.11. The quantitative estimate of drug-likeness (QED) is 0.931. The van der Waals surface area contributed by atoms with Gasteiger partial charge in [0, 0.05) is 38.0 Å². The highest BCUT2D eigenvalue weighted by Crippen LogP contribution is 2.38. The van der Waals surface area contributed by atoms with Crippen molar-refractivity contribution in [2.75, 3.05) is 25.0 Å². The number of pyridine rings is 1. The normalized spacial score (nSPS) is 33.5. The van der Waals surface area contributed by atoms with Crippen LogP contribution in [0.25, 0.3) is 0 Å². The maximum atomic E-state index is 6.28. The largest absolute Gasteiger partial charge is 0.373 e. The van der Waals surface area contributed by atoms with Crippen molar-refractivity contribution in [1.82, 2.24) is 9.88 Å². The standard InChI is InChI=1S/C18H27N3O/c1-2-6-16(5-1)21-11-9-18(14-21)13-15(8-12-22-18)20-17-7-3-4-10-19-17/h3-4,7,10,15-16H,1-2,5-6,8-9,11-14H2,(H,19,20)/t15-,18+/m1/s1. The van der Waals surface area contributed by atoms with Crippen molar-refractivity contribution < 1.29 is 4.74 Å². The van der Waals surface area contributed by atoms with Crippen molar-refractivity contribution in [3.05, 3.63) is 24.4 Å². The van der Waals surface area contributed by atoms with Gasteiger partial charge in [-0.25, -0.2) is 4.98 Å². The number of likely N-dealkylation sites (tertiary alicyclic amines) is 1. The van der Waals surface area contributed by atoms with Crippen molar-refractivity contribution in [1.29, 1.82) is 0 Å². The average molecular weight is 301 g/mol. The molecule has 0 bridgehead atoms. The van der Waals surface area contributed by atoms with Crippen molar-refractivity contribution in [3.63, 3.8) is 0 Å². The van der Waals surface area contributed by atoms with Crippen molar-refractivity contribution >= 4 is 5.82 Å². The first kappa shape index (κ1) is 14.5. The molecule has 1 aromatic heterocycles. The highest BCUT2D eigenvalue weighted by molar-refractivity contribution is 5.34. The van der Waals surface area contributed by atoms with Gasteiger partial charge in [0.1, 0.15) is 5.82 Å². The first-order valence-electron chi connectivity index (χ1n) is 8.89. The van der Waals surface area contributed by atoms with Gasteiger partial charge in [0.2, 0.25) is 0 Å². The summed E-state index contributed by atoms with van der Waals surface area (Å²) in [5, 5.41) is 3.61. The Kier molecular flexibility index (Phi) is 4.05. The summed E-state index contributed by atoms with van der Waals surface area (Å²) < 4.78 is 6.28. The van der Waals surface area contributed by atoms with Crippen LogP contribution in [0.3, 0.4) is 0 Å². The molecule has 0 amide bonds. The van der Waals surface area contributed by atoms with Gasteiger partial charge in [0.15, 0.2) is 0 Å². The lowest BCUT2D eigenvalue weighted by Gasteiger charge is -2.39. The Hall–Kier alpha value is -1.13. The number of hydrogen-bond donors (Lipinski definition) is 1. The minimum Gasteiger partial charge on any atom is -0.373 e. The van der Waals surface area contributed by atoms with E-state index in [1.54, 1.807) is 0 Å². The smallest absolute Gasteiger partial charge is 0.126 e. The molecule has 0 unspecified atom stereocenters. The number of ether oxygens (including phenoxy) is 1. The van der Waals surface area contributed by atoms with Crippen LogP contribution in [0.4, 0.5) is 5.82 Å². The third kappa shape index (κ3) is 2.99. The minimum atomic E-state index is 0.0906. The lowest BCUT2D eigenvalue weighted by molar-refractivity contribution is -0.0750. The Morgan fingerprint density at radius 3 is 2.95 bits per heavy atom. The Morgan fingerprint density at radius 2 is 2.14 bits per heavy atom. The summed E-state index contributed by atoms with van der Waals surface area (Å²) >= 11 is 0. The van der Waals surface area contributed by atoms with Crippen LogP contribution >= 0.6 is 0 Å². The van der Waals surface area contributed by atoms with Crippen LogP contribution in [0.15, 0.2) is 24.4 Å². The fraction of sp³-hybridized carbons (Fsp3) is 0.722. The zero-order valence-corrected chi connectivity index (χ0v) is 13.3. The van der Waals surface area contributed by atoms with Crippen molar-refractivity contribution in [2.24, 2.45) is 0 Å². The zero-order chi connectivity index (χ0) is 14.8. The van der Waals surface area contributed by atoms with Crippen molar-refractivity contribution in [2.45, 2.75) is 62.6 Å². The maximum Gasteiger partial charge on any atom is 0.126 e. The molecular weight excluding hydrogens is 274 g/mol. The van der Waals surface area contributed by atoms with Crippen LogP contribution < -0.4 is 5.32 Å². The van der Waals surface area contributed by atoms with E-state index in [0.29, 0.717) is 6.04 Å². The summed E-state index contributed by atoms with van der Waals surface area (Å²) in [6.07, 6.45) is 10.9. The van der Waals surface area contributed by atoms with E-state index in [1.165, 1.54) is 38.6 Å². The van der Waals surface area contributed by atoms with Gasteiger partial charge in [-0.3, -0.25) is 4.90 Å². The van der Waals surface area contributed by atoms with Crippen LogP contribution in [-0.2, 0) is 4.74 Å². The second-order valence-electron chi connectivity index (χ2n) is 7.24. The van der Waals surface area contributed by atoms with E-state index in [4.69, 9.17) is 4.74 Å². The molecule has 3 aliphatic rings. The Morgan fingerprint density at radius 1 is 1.23 bits per heavy atom. The van der Waals surface area contributed by atoms with E-state index in [2.05, 4.69) is 21.3 Å². The van der Waals surface area contributed by atoms with Crippen molar-refractivity contribution in [3.8, 4) is 0 Å². The zero-order valence-electron chi connectivity index (χ0n) is 13.3. The summed E-state index contributed by atoms with van der Waals surface area (Å²) in [7, 11) is 0. The molecule has 1 aromatic rings. The third-order valence-electron chi connectivity index (χ3n) is 5.70. The first-order chi connectivity index (χ1) is 10.8. The molecule has 2 saturated heterocycles. The molecule has 0 aromatic carbocycles. The van der Waals surface area contributed by atoms with Gasteiger partial charge in [0.25, 0.3) is 0 Å². The second-order valence-corrected chi connectivity index (χ2v) is 7.24. The molecule has 1 saturated carbocycles. The second kappa shape index (κ2) is 6.17. The van der Waals surface area contributed by atoms with Crippen LogP contribution in [0.5, 0.6) is 0 Å². The monoisotopic (exact) mass is 301 g/mol. The fourth-order valence-electron chi connectivity index (χ4n) is 4.55. The van der Waals surface area contributed by atoms with E-state index in [0.717, 1.165) is 37.9 Å². The lowest BCUT2D eigenvalue weighted by Crippen LogP contribution is -2.47. The predicted molar refractivity (Wildman–Crippen MR) is 88.0 cm³/mol. The number of nitrogens with zero attached hydrogens (tertiary/aromatic N) is 2. The summed E-state index contributed by atoms with van der Waals surface area (Å²) in [5.41, 5.74) is 0.0906. The molecule has 1 spiro atoms. The molecule has 1 aliphatic carbocycles. The van der Waals surface area contributed by atoms with E-state index in [9.17, 15) is 0 Å². The number of aromatic nitrogens is 1. The predicted octanol–water partition coefficient (Wildman–Crippen LogP) is 3.06. The highest BCUT2D eigenvalue weighted by Gasteiger charge is 2.45. The number of hydrogen-bond acceptors (Lipinski definition) is 4. The van der Waals surface area contributed by atoms with Gasteiger partial charge < -0.3 is 10.1 Å². The van der Waals surface area contributed by atoms with E-state index < -0.39 is 0 Å². The number of rotatable bonds is 3. The van der Waals surface area contributed by atoms with Gasteiger partial charge in [-0.2, -0.15) is 0 Å². The van der Waals surface area contributed by atoms with Gasteiger partial charge in [-0.1, -0.05) is 18.9 Å². The molecule has 2 aliphatic heterocycles. The minimum absolute atomic E-state index is 0.0906. The number of anilines is 1. The van der Waals surface area contributed by atoms with Crippen LogP contribution in [0, 0.1) is 0 Å². The molecule has 120 valence electrons. The highest BCUT2D eigenvalue weighted by atomic mass is 16.5. The summed E-state index contributed by atoms with van der Waals surface area (Å²) in [6, 6.07) is 7.38. The van der Waals surface area contributed by atoms with Crippen LogP contribution in [-0.4, -0.2) is 47.3 Å². The third-order valence-corrected chi connectivity index (χ3v) is 5.70. The summed E-state index contributed by atoms with van der Waals surface area (Å²) in [5.74, 6) is 0.996. The Balaban J connectivity index is 1.38. The van der Waals surface area contributed by atoms with E-state index in [-0.39, 0.29) is 5.60 Å². The van der Waals surface area contributed by atoms with Gasteiger partial charge in [-0.15, -0.1) is 0 Å². The molecule has 4 nitrogen and oxygen atoms in total. The summed E-state index contributed by atoms with van der Waals surface area (Å²) in [6.45, 7) is 3.24. The van der Waals surface area contributed by atoms with Gasteiger partial charge >= 0.3 is 0 Å². The molecule has 4 rings (SSSR count). The lowest BCUT2D eigenvalue weighted by atomic mass is 9.89. The van der Waals surface area contributed by atoms with Crippen LogP contribution in [0.2, 0.25) is 0 Å². The molecule has 2 atom stereocenters. The molecule has 4 heteroatoms.